The molecule has 212 valence electrons. The van der Waals surface area contributed by atoms with Gasteiger partial charge in [-0.15, -0.1) is 0 Å². The second-order valence-electron chi connectivity index (χ2n) is 11.5. The fraction of sp³-hybridized carbons (Fsp3) is 0.500. The Morgan fingerprint density at radius 3 is 1.88 bits per heavy atom. The Morgan fingerprint density at radius 1 is 0.650 bits per heavy atom. The maximum Gasteiger partial charge on any atom is 0.0725 e. The number of aromatic nitrogens is 4. The van der Waals surface area contributed by atoms with Crippen molar-refractivity contribution in [3.05, 3.63) is 69.8 Å². The lowest BCUT2D eigenvalue weighted by Gasteiger charge is -2.33. The van der Waals surface area contributed by atoms with E-state index in [1.165, 1.54) is 61.5 Å². The Hall–Kier alpha value is -3.14. The SMILES string of the molecule is CCC1=C(CC)c2nc1cc1nc(cc3[nH]c(cc4ccc([nH]4)c2CC)c(CC)c3CC)C(CC)C1(CC)CC. The molecule has 0 radical (unpaired) electrons. The molecule has 0 saturated heterocycles. The summed E-state index contributed by atoms with van der Waals surface area (Å²) in [6.07, 6.45) is 8.12. The average molecular weight is 537 g/mol. The standard InChI is InChI=1S/C36H48N4/c1-9-23-24(10-2)31-20-33-28(14-6)36(15-7,16-8)34(39-33)21-32-25(11-3)26(12-4)35(40-32)27(13-5)29-18-17-22(37-29)19-30(23)38-31/h17-21,28,37-38H,9-16H2,1-8H3. The predicted octanol–water partition coefficient (Wildman–Crippen LogP) is 9.98. The summed E-state index contributed by atoms with van der Waals surface area (Å²) in [5.74, 6) is 0.392. The van der Waals surface area contributed by atoms with Crippen LogP contribution in [0.15, 0.2) is 30.3 Å². The van der Waals surface area contributed by atoms with Crippen molar-refractivity contribution in [3.8, 4) is 0 Å². The lowest BCUT2D eigenvalue weighted by Crippen LogP contribution is -2.28. The summed E-state index contributed by atoms with van der Waals surface area (Å²) in [4.78, 5) is 18.5. The van der Waals surface area contributed by atoms with Gasteiger partial charge in [0.15, 0.2) is 0 Å². The molecule has 0 saturated carbocycles. The van der Waals surface area contributed by atoms with Gasteiger partial charge in [0.2, 0.25) is 0 Å². The third-order valence-electron chi connectivity index (χ3n) is 9.88. The van der Waals surface area contributed by atoms with Crippen molar-refractivity contribution in [2.45, 2.75) is 118 Å². The Morgan fingerprint density at radius 2 is 1.30 bits per heavy atom. The van der Waals surface area contributed by atoms with Crippen LogP contribution in [0.1, 0.15) is 133 Å². The van der Waals surface area contributed by atoms with Crippen LogP contribution in [0.3, 0.4) is 0 Å². The van der Waals surface area contributed by atoms with Crippen LogP contribution in [0, 0.1) is 0 Å². The molecule has 40 heavy (non-hydrogen) atoms. The fourth-order valence-corrected chi connectivity index (χ4v) is 7.77. The van der Waals surface area contributed by atoms with Gasteiger partial charge >= 0.3 is 0 Å². The first-order valence-electron chi connectivity index (χ1n) is 15.9. The molecule has 5 rings (SSSR count). The third-order valence-corrected chi connectivity index (χ3v) is 9.88. The predicted molar refractivity (Wildman–Crippen MR) is 172 cm³/mol. The number of aromatic amines is 2. The molecule has 0 spiro atoms. The summed E-state index contributed by atoms with van der Waals surface area (Å²) in [7, 11) is 0. The second-order valence-corrected chi connectivity index (χ2v) is 11.5. The van der Waals surface area contributed by atoms with Crippen molar-refractivity contribution < 1.29 is 0 Å². The van der Waals surface area contributed by atoms with Crippen LogP contribution in [-0.4, -0.2) is 19.9 Å². The number of H-pyrrole nitrogens is 2. The molecule has 4 nitrogen and oxygen atoms in total. The topological polar surface area (TPSA) is 57.4 Å². The average Bonchev–Trinajstić information content (AvgIpc) is 3.71. The maximum absolute atomic E-state index is 5.48. The first-order chi connectivity index (χ1) is 19.4. The molecule has 0 fully saturated rings. The van der Waals surface area contributed by atoms with Crippen LogP contribution in [-0.2, 0) is 24.7 Å². The zero-order chi connectivity index (χ0) is 28.6. The highest BCUT2D eigenvalue weighted by Gasteiger charge is 2.43. The van der Waals surface area contributed by atoms with E-state index in [1.54, 1.807) is 0 Å². The first-order valence-corrected chi connectivity index (χ1v) is 15.9. The minimum absolute atomic E-state index is 0.0256. The van der Waals surface area contributed by atoms with Gasteiger partial charge in [-0.3, -0.25) is 4.98 Å². The zero-order valence-electron chi connectivity index (χ0n) is 26.0. The van der Waals surface area contributed by atoms with Gasteiger partial charge in [0.25, 0.3) is 0 Å². The molecule has 0 aliphatic carbocycles. The highest BCUT2D eigenvalue weighted by Crippen LogP contribution is 2.50. The van der Waals surface area contributed by atoms with Crippen molar-refractivity contribution in [2.75, 3.05) is 0 Å². The van der Waals surface area contributed by atoms with E-state index in [9.17, 15) is 0 Å². The quantitative estimate of drug-likeness (QED) is 0.301. The zero-order valence-corrected chi connectivity index (χ0v) is 26.0. The van der Waals surface area contributed by atoms with Crippen molar-refractivity contribution in [2.24, 2.45) is 0 Å². The van der Waals surface area contributed by atoms with E-state index in [0.717, 1.165) is 62.6 Å². The molecule has 0 aromatic carbocycles. The van der Waals surface area contributed by atoms with E-state index < -0.39 is 0 Å². The molecule has 5 heterocycles. The normalized spacial score (nSPS) is 16.6. The first kappa shape index (κ1) is 28.4. The van der Waals surface area contributed by atoms with Gasteiger partial charge in [-0.25, -0.2) is 4.98 Å². The number of rotatable bonds is 8. The lowest BCUT2D eigenvalue weighted by molar-refractivity contribution is 0.325. The van der Waals surface area contributed by atoms with Gasteiger partial charge < -0.3 is 9.97 Å². The molecule has 1 unspecified atom stereocenters. The number of hydrogen-bond donors (Lipinski definition) is 2. The number of fused-ring (bicyclic) bond motifs is 8. The van der Waals surface area contributed by atoms with Crippen LogP contribution in [0.2, 0.25) is 0 Å². The van der Waals surface area contributed by atoms with Gasteiger partial charge in [0.05, 0.1) is 11.4 Å². The monoisotopic (exact) mass is 536 g/mol. The number of hydrogen-bond acceptors (Lipinski definition) is 2. The lowest BCUT2D eigenvalue weighted by atomic mass is 9.68. The largest absolute Gasteiger partial charge is 0.355 e. The van der Waals surface area contributed by atoms with Gasteiger partial charge in [-0.2, -0.15) is 0 Å². The molecule has 1 atom stereocenters. The molecule has 0 amide bonds. The van der Waals surface area contributed by atoms with E-state index in [1.807, 2.05) is 0 Å². The van der Waals surface area contributed by atoms with Crippen molar-refractivity contribution in [3.63, 3.8) is 0 Å². The number of nitrogens with one attached hydrogen (secondary N) is 2. The van der Waals surface area contributed by atoms with Crippen molar-refractivity contribution >= 4 is 33.2 Å². The van der Waals surface area contributed by atoms with Gasteiger partial charge in [-0.1, -0.05) is 55.4 Å². The highest BCUT2D eigenvalue weighted by molar-refractivity contribution is 5.94. The molecule has 2 aliphatic rings. The molecular weight excluding hydrogens is 488 g/mol. The summed E-state index contributed by atoms with van der Waals surface area (Å²) in [6.45, 7) is 18.4. The van der Waals surface area contributed by atoms with Crippen molar-refractivity contribution in [1.29, 1.82) is 0 Å². The second kappa shape index (κ2) is 11.4. The summed E-state index contributed by atoms with van der Waals surface area (Å²) >= 11 is 0. The van der Waals surface area contributed by atoms with Crippen molar-refractivity contribution in [1.82, 2.24) is 19.9 Å². The van der Waals surface area contributed by atoms with Gasteiger partial charge in [0, 0.05) is 50.4 Å². The van der Waals surface area contributed by atoms with Crippen LogP contribution in [0.4, 0.5) is 0 Å². The van der Waals surface area contributed by atoms with E-state index in [4.69, 9.17) is 9.97 Å². The number of allylic oxidation sites excluding steroid dienone is 2. The molecule has 3 aromatic rings. The molecule has 2 N–H and O–H groups in total. The van der Waals surface area contributed by atoms with E-state index in [-0.39, 0.29) is 5.41 Å². The maximum atomic E-state index is 5.48. The number of nitrogens with zero attached hydrogens (tertiary/aromatic N) is 2. The smallest absolute Gasteiger partial charge is 0.0725 e. The Labute approximate surface area is 240 Å². The molecule has 3 aromatic heterocycles. The summed E-state index contributed by atoms with van der Waals surface area (Å²) < 4.78 is 0. The minimum atomic E-state index is 0.0256. The Bertz CT molecular complexity index is 1590. The summed E-state index contributed by atoms with van der Waals surface area (Å²) in [5, 5.41) is 0. The van der Waals surface area contributed by atoms with Crippen LogP contribution >= 0.6 is 0 Å². The molecule has 4 heteroatoms. The Kier molecular flexibility index (Phi) is 8.08. The Balaban J connectivity index is 2.02. The molecular formula is C36H48N4. The minimum Gasteiger partial charge on any atom is -0.355 e. The summed E-state index contributed by atoms with van der Waals surface area (Å²) in [6, 6.07) is 11.5. The fourth-order valence-electron chi connectivity index (χ4n) is 7.77. The van der Waals surface area contributed by atoms with Crippen LogP contribution < -0.4 is 0 Å². The van der Waals surface area contributed by atoms with E-state index in [2.05, 4.69) is 95.7 Å². The van der Waals surface area contributed by atoms with Crippen LogP contribution in [0.5, 0.6) is 0 Å². The molecule has 8 bridgehead atoms. The summed E-state index contributed by atoms with van der Waals surface area (Å²) in [5.41, 5.74) is 16.4. The highest BCUT2D eigenvalue weighted by atomic mass is 14.8. The van der Waals surface area contributed by atoms with E-state index in [0.29, 0.717) is 5.92 Å². The van der Waals surface area contributed by atoms with Crippen LogP contribution in [0.25, 0.3) is 33.2 Å². The van der Waals surface area contributed by atoms with Gasteiger partial charge in [0.1, 0.15) is 0 Å². The third kappa shape index (κ3) is 4.35. The number of aryl methyl sites for hydroxylation is 3. The van der Waals surface area contributed by atoms with Gasteiger partial charge in [-0.05, 0) is 104 Å². The molecule has 2 aliphatic heterocycles. The van der Waals surface area contributed by atoms with E-state index >= 15 is 0 Å².